The van der Waals surface area contributed by atoms with E-state index in [-0.39, 0.29) is 41.2 Å². The lowest BCUT2D eigenvalue weighted by Gasteiger charge is -2.29. The molecule has 2 N–H and O–H groups in total. The van der Waals surface area contributed by atoms with Crippen LogP contribution < -0.4 is 15.4 Å². The molecule has 2 rings (SSSR count). The van der Waals surface area contributed by atoms with Crippen LogP contribution in [0.15, 0.2) is 29.3 Å². The number of rotatable bonds is 9. The molecule has 0 saturated heterocycles. The number of hydrogen-bond acceptors (Lipinski definition) is 4. The number of methoxy groups -OCH3 is 1. The summed E-state index contributed by atoms with van der Waals surface area (Å²) in [5.74, 6) is 1.80. The lowest BCUT2D eigenvalue weighted by molar-refractivity contribution is 0.407. The maximum Gasteiger partial charge on any atom is 0.191 e. The fourth-order valence-electron chi connectivity index (χ4n) is 3.79. The highest BCUT2D eigenvalue weighted by atomic mass is 127. The zero-order valence-electron chi connectivity index (χ0n) is 18.0. The number of benzene rings is 1. The third-order valence-electron chi connectivity index (χ3n) is 5.43. The van der Waals surface area contributed by atoms with Crippen molar-refractivity contribution < 1.29 is 13.2 Å². The minimum Gasteiger partial charge on any atom is -0.497 e. The van der Waals surface area contributed by atoms with E-state index in [1.807, 2.05) is 19.9 Å². The van der Waals surface area contributed by atoms with Crippen molar-refractivity contribution in [2.45, 2.75) is 57.4 Å². The summed E-state index contributed by atoms with van der Waals surface area (Å²) in [5, 5.41) is 6.65. The van der Waals surface area contributed by atoms with E-state index in [0.717, 1.165) is 31.1 Å². The lowest BCUT2D eigenvalue weighted by atomic mass is 9.79. The maximum atomic E-state index is 11.4. The molecule has 1 unspecified atom stereocenters. The van der Waals surface area contributed by atoms with Crippen LogP contribution in [0.1, 0.15) is 51.5 Å². The van der Waals surface area contributed by atoms with E-state index < -0.39 is 9.84 Å². The van der Waals surface area contributed by atoms with Gasteiger partial charge in [-0.3, -0.25) is 4.99 Å². The average Bonchev–Trinajstić information content (AvgIpc) is 3.14. The van der Waals surface area contributed by atoms with E-state index in [9.17, 15) is 8.42 Å². The molecule has 0 radical (unpaired) electrons. The van der Waals surface area contributed by atoms with Gasteiger partial charge in [0.25, 0.3) is 0 Å². The van der Waals surface area contributed by atoms with Gasteiger partial charge in [0, 0.05) is 24.3 Å². The topological polar surface area (TPSA) is 79.8 Å². The molecule has 8 heteroatoms. The van der Waals surface area contributed by atoms with Crippen LogP contribution in [0.5, 0.6) is 5.75 Å². The number of ether oxygens (including phenoxy) is 1. The minimum atomic E-state index is -2.96. The van der Waals surface area contributed by atoms with Gasteiger partial charge in [-0.05, 0) is 50.8 Å². The Kier molecular flexibility index (Phi) is 10.7. The smallest absolute Gasteiger partial charge is 0.191 e. The second-order valence-corrected chi connectivity index (χ2v) is 10.1. The van der Waals surface area contributed by atoms with Crippen molar-refractivity contribution in [1.82, 2.24) is 10.6 Å². The van der Waals surface area contributed by atoms with Crippen LogP contribution in [-0.4, -0.2) is 52.6 Å². The molecule has 0 amide bonds. The highest BCUT2D eigenvalue weighted by molar-refractivity contribution is 14.0. The molecule has 1 aromatic rings. The van der Waals surface area contributed by atoms with Crippen LogP contribution in [0.2, 0.25) is 0 Å². The normalized spacial score (nSPS) is 17.3. The Labute approximate surface area is 193 Å². The summed E-state index contributed by atoms with van der Waals surface area (Å²) < 4.78 is 28.2. The van der Waals surface area contributed by atoms with E-state index in [0.29, 0.717) is 13.0 Å². The van der Waals surface area contributed by atoms with Crippen molar-refractivity contribution in [3.05, 3.63) is 29.8 Å². The molecule has 0 aliphatic heterocycles. The third kappa shape index (κ3) is 8.32. The second-order valence-electron chi connectivity index (χ2n) is 7.88. The fraction of sp³-hybridized carbons (Fsp3) is 0.667. The maximum absolute atomic E-state index is 11.4. The van der Waals surface area contributed by atoms with Crippen LogP contribution in [-0.2, 0) is 15.3 Å². The molecule has 166 valence electrons. The van der Waals surface area contributed by atoms with Crippen molar-refractivity contribution in [3.63, 3.8) is 0 Å². The zero-order valence-corrected chi connectivity index (χ0v) is 21.2. The van der Waals surface area contributed by atoms with Gasteiger partial charge >= 0.3 is 0 Å². The van der Waals surface area contributed by atoms with Gasteiger partial charge in [0.15, 0.2) is 5.96 Å². The quantitative estimate of drug-likeness (QED) is 0.287. The van der Waals surface area contributed by atoms with Gasteiger partial charge in [-0.1, -0.05) is 25.0 Å². The Hall–Kier alpha value is -1.03. The van der Waals surface area contributed by atoms with Crippen molar-refractivity contribution in [1.29, 1.82) is 0 Å². The summed E-state index contributed by atoms with van der Waals surface area (Å²) in [5.41, 5.74) is 1.32. The number of guanidine groups is 1. The van der Waals surface area contributed by atoms with Gasteiger partial charge in [0.1, 0.15) is 15.6 Å². The zero-order chi connectivity index (χ0) is 20.6. The molecule has 1 aliphatic carbocycles. The van der Waals surface area contributed by atoms with Gasteiger partial charge in [-0.2, -0.15) is 0 Å². The van der Waals surface area contributed by atoms with Crippen LogP contribution in [0.4, 0.5) is 0 Å². The lowest BCUT2D eigenvalue weighted by Crippen LogP contribution is -2.43. The van der Waals surface area contributed by atoms with E-state index in [1.165, 1.54) is 24.7 Å². The predicted molar refractivity (Wildman–Crippen MR) is 131 cm³/mol. The molecule has 1 saturated carbocycles. The minimum absolute atomic E-state index is 0. The van der Waals surface area contributed by atoms with E-state index in [4.69, 9.17) is 9.73 Å². The molecule has 29 heavy (non-hydrogen) atoms. The molecule has 1 aliphatic rings. The van der Waals surface area contributed by atoms with E-state index in [2.05, 4.69) is 28.8 Å². The monoisotopic (exact) mass is 537 g/mol. The fourth-order valence-corrected chi connectivity index (χ4v) is 4.57. The Morgan fingerprint density at radius 2 is 2.00 bits per heavy atom. The SMILES string of the molecule is CCNC(=NCC1(c2cccc(OC)c2)CCCC1)NC(C)CCS(C)(=O)=O.I. The molecule has 1 aromatic carbocycles. The standard InChI is InChI=1S/C21H35N3O3S.HI/c1-5-22-20(24-17(2)11-14-28(4,25)26)23-16-21(12-6-7-13-21)18-9-8-10-19(15-18)27-3;/h8-10,15,17H,5-7,11-14,16H2,1-4H3,(H2,22,23,24);1H. The van der Waals surface area contributed by atoms with Gasteiger partial charge in [0.2, 0.25) is 0 Å². The largest absolute Gasteiger partial charge is 0.497 e. The van der Waals surface area contributed by atoms with Crippen LogP contribution in [0.25, 0.3) is 0 Å². The van der Waals surface area contributed by atoms with Gasteiger partial charge in [-0.25, -0.2) is 8.42 Å². The third-order valence-corrected chi connectivity index (χ3v) is 6.41. The highest BCUT2D eigenvalue weighted by Gasteiger charge is 2.35. The summed E-state index contributed by atoms with van der Waals surface area (Å²) >= 11 is 0. The number of hydrogen-bond donors (Lipinski definition) is 2. The van der Waals surface area contributed by atoms with Crippen LogP contribution in [0.3, 0.4) is 0 Å². The van der Waals surface area contributed by atoms with Gasteiger partial charge in [0.05, 0.1) is 19.4 Å². The van der Waals surface area contributed by atoms with Crippen molar-refractivity contribution >= 4 is 39.8 Å². The number of sulfone groups is 1. The Balaban J connectivity index is 0.00000420. The first kappa shape index (κ1) is 26.0. The first-order chi connectivity index (χ1) is 13.3. The number of halogens is 1. The Bertz CT molecular complexity index is 762. The van der Waals surface area contributed by atoms with Crippen molar-refractivity contribution in [2.24, 2.45) is 4.99 Å². The summed E-state index contributed by atoms with van der Waals surface area (Å²) in [7, 11) is -1.26. The summed E-state index contributed by atoms with van der Waals surface area (Å²) in [6, 6.07) is 8.37. The highest BCUT2D eigenvalue weighted by Crippen LogP contribution is 2.42. The second kappa shape index (κ2) is 12.0. The van der Waals surface area contributed by atoms with E-state index >= 15 is 0 Å². The number of aliphatic imine (C=N–C) groups is 1. The van der Waals surface area contributed by atoms with E-state index in [1.54, 1.807) is 7.11 Å². The Morgan fingerprint density at radius 1 is 1.31 bits per heavy atom. The summed E-state index contributed by atoms with van der Waals surface area (Å²) in [4.78, 5) is 4.89. The molecule has 0 bridgehead atoms. The first-order valence-corrected chi connectivity index (χ1v) is 12.2. The molecule has 1 atom stereocenters. The van der Waals surface area contributed by atoms with Crippen molar-refractivity contribution in [3.8, 4) is 5.75 Å². The van der Waals surface area contributed by atoms with Crippen LogP contribution >= 0.6 is 24.0 Å². The van der Waals surface area contributed by atoms with Crippen molar-refractivity contribution in [2.75, 3.05) is 32.2 Å². The molecule has 6 nitrogen and oxygen atoms in total. The molecular formula is C21H36IN3O3S. The molecule has 0 spiro atoms. The summed E-state index contributed by atoms with van der Waals surface area (Å²) in [6.07, 6.45) is 6.49. The van der Waals surface area contributed by atoms with Gasteiger partial charge in [-0.15, -0.1) is 24.0 Å². The predicted octanol–water partition coefficient (Wildman–Crippen LogP) is 3.50. The summed E-state index contributed by atoms with van der Waals surface area (Å²) in [6.45, 7) is 5.49. The molecule has 1 fully saturated rings. The Morgan fingerprint density at radius 3 is 2.59 bits per heavy atom. The molecular weight excluding hydrogens is 501 g/mol. The molecule has 0 heterocycles. The van der Waals surface area contributed by atoms with Gasteiger partial charge < -0.3 is 15.4 Å². The number of nitrogens with zero attached hydrogens (tertiary/aromatic N) is 1. The average molecular weight is 538 g/mol. The first-order valence-electron chi connectivity index (χ1n) is 10.1. The number of nitrogens with one attached hydrogen (secondary N) is 2. The molecule has 0 aromatic heterocycles. The van der Waals surface area contributed by atoms with Crippen LogP contribution in [0, 0.1) is 0 Å².